The maximum Gasteiger partial charge on any atom is 0.134 e. The third-order valence-electron chi connectivity index (χ3n) is 4.04. The van der Waals surface area contributed by atoms with Crippen molar-refractivity contribution >= 4 is 11.6 Å². The molecule has 1 aromatic carbocycles. The molecule has 1 aliphatic rings. The van der Waals surface area contributed by atoms with E-state index in [0.29, 0.717) is 12.6 Å². The summed E-state index contributed by atoms with van der Waals surface area (Å²) >= 11 is 0. The summed E-state index contributed by atoms with van der Waals surface area (Å²) in [4.78, 5) is 11.3. The zero-order valence-corrected chi connectivity index (χ0v) is 13.1. The van der Waals surface area contributed by atoms with Gasteiger partial charge < -0.3 is 15.3 Å². The number of hydrogen-bond donors (Lipinski definition) is 2. The van der Waals surface area contributed by atoms with E-state index in [2.05, 4.69) is 51.4 Å². The Hall–Kier alpha value is -2.14. The molecule has 1 atom stereocenters. The predicted octanol–water partition coefficient (Wildman–Crippen LogP) is 2.14. The molecule has 0 amide bonds. The van der Waals surface area contributed by atoms with Gasteiger partial charge in [-0.3, -0.25) is 0 Å². The van der Waals surface area contributed by atoms with Gasteiger partial charge in [0.15, 0.2) is 0 Å². The lowest BCUT2D eigenvalue weighted by Crippen LogP contribution is -2.39. The second-order valence-corrected chi connectivity index (χ2v) is 5.76. The first-order valence-corrected chi connectivity index (χ1v) is 7.71. The molecule has 2 aromatic rings. The summed E-state index contributed by atoms with van der Waals surface area (Å²) < 4.78 is 0. The van der Waals surface area contributed by atoms with Gasteiger partial charge in [-0.05, 0) is 31.4 Å². The van der Waals surface area contributed by atoms with E-state index in [9.17, 15) is 0 Å². The molecule has 2 heterocycles. The Morgan fingerprint density at radius 2 is 2.05 bits per heavy atom. The fourth-order valence-electron chi connectivity index (χ4n) is 2.96. The number of rotatable bonds is 4. The van der Waals surface area contributed by atoms with Gasteiger partial charge in [-0.2, -0.15) is 0 Å². The van der Waals surface area contributed by atoms with Crippen molar-refractivity contribution in [2.45, 2.75) is 32.9 Å². The fourth-order valence-corrected chi connectivity index (χ4v) is 2.96. The van der Waals surface area contributed by atoms with Gasteiger partial charge in [-0.1, -0.05) is 24.3 Å². The highest BCUT2D eigenvalue weighted by Gasteiger charge is 2.24. The monoisotopic (exact) mass is 298 g/mol. The van der Waals surface area contributed by atoms with Crippen LogP contribution in [0.2, 0.25) is 0 Å². The number of hydrogen-bond acceptors (Lipinski definition) is 5. The van der Waals surface area contributed by atoms with Crippen molar-refractivity contribution in [3.05, 3.63) is 47.3 Å². The number of nitrogens with one attached hydrogen (secondary N) is 1. The molecule has 0 spiro atoms. The summed E-state index contributed by atoms with van der Waals surface area (Å²) in [5.41, 5.74) is 2.79. The van der Waals surface area contributed by atoms with Crippen LogP contribution >= 0.6 is 0 Å². The van der Waals surface area contributed by atoms with E-state index in [1.54, 1.807) is 0 Å². The zero-order valence-electron chi connectivity index (χ0n) is 13.1. The van der Waals surface area contributed by atoms with Crippen LogP contribution in [-0.4, -0.2) is 34.3 Å². The second kappa shape index (κ2) is 6.32. The third-order valence-corrected chi connectivity index (χ3v) is 4.04. The molecule has 3 rings (SSSR count). The quantitative estimate of drug-likeness (QED) is 0.905. The Bertz CT molecular complexity index is 659. The van der Waals surface area contributed by atoms with E-state index < -0.39 is 0 Å². The summed E-state index contributed by atoms with van der Waals surface area (Å²) in [6.07, 6.45) is 1.03. The van der Waals surface area contributed by atoms with Gasteiger partial charge in [-0.25, -0.2) is 9.97 Å². The Kier molecular flexibility index (Phi) is 4.24. The van der Waals surface area contributed by atoms with Crippen molar-refractivity contribution in [2.75, 3.05) is 23.4 Å². The second-order valence-electron chi connectivity index (χ2n) is 5.76. The number of aliphatic hydroxyl groups excluding tert-OH is 1. The largest absolute Gasteiger partial charge is 0.395 e. The first-order chi connectivity index (χ1) is 10.7. The normalized spacial score (nSPS) is 17.2. The van der Waals surface area contributed by atoms with Crippen molar-refractivity contribution in [1.29, 1.82) is 0 Å². The smallest absolute Gasteiger partial charge is 0.134 e. The molecule has 0 saturated heterocycles. The van der Waals surface area contributed by atoms with Crippen LogP contribution in [0.25, 0.3) is 0 Å². The molecular weight excluding hydrogens is 276 g/mol. The van der Waals surface area contributed by atoms with E-state index in [-0.39, 0.29) is 6.61 Å². The predicted molar refractivity (Wildman–Crippen MR) is 88.1 cm³/mol. The van der Waals surface area contributed by atoms with Crippen LogP contribution in [0.5, 0.6) is 0 Å². The lowest BCUT2D eigenvalue weighted by atomic mass is 9.95. The Morgan fingerprint density at radius 1 is 1.27 bits per heavy atom. The van der Waals surface area contributed by atoms with Crippen LogP contribution in [0.1, 0.15) is 23.9 Å². The minimum atomic E-state index is 0.0892. The molecule has 5 nitrogen and oxygen atoms in total. The molecule has 0 unspecified atom stereocenters. The number of aryl methyl sites for hydroxylation is 1. The number of benzene rings is 1. The maximum atomic E-state index is 8.95. The summed E-state index contributed by atoms with van der Waals surface area (Å²) in [6, 6.07) is 11.0. The van der Waals surface area contributed by atoms with E-state index in [1.807, 2.05) is 13.0 Å². The van der Waals surface area contributed by atoms with Gasteiger partial charge in [0.05, 0.1) is 6.61 Å². The van der Waals surface area contributed by atoms with E-state index in [1.165, 1.54) is 11.1 Å². The van der Waals surface area contributed by atoms with Crippen molar-refractivity contribution in [1.82, 2.24) is 9.97 Å². The zero-order chi connectivity index (χ0) is 15.5. The van der Waals surface area contributed by atoms with E-state index >= 15 is 0 Å². The topological polar surface area (TPSA) is 61.3 Å². The van der Waals surface area contributed by atoms with Gasteiger partial charge >= 0.3 is 0 Å². The van der Waals surface area contributed by atoms with E-state index in [4.69, 9.17) is 5.11 Å². The van der Waals surface area contributed by atoms with Crippen molar-refractivity contribution in [2.24, 2.45) is 0 Å². The van der Waals surface area contributed by atoms with Crippen molar-refractivity contribution < 1.29 is 5.11 Å². The molecule has 5 heteroatoms. The SMILES string of the molecule is Cc1nc(NCCO)cc(N2Cc3ccccc3C[C@H]2C)n1. The van der Waals surface area contributed by atoms with Gasteiger partial charge in [-0.15, -0.1) is 0 Å². The molecule has 22 heavy (non-hydrogen) atoms. The summed E-state index contributed by atoms with van der Waals surface area (Å²) in [5.74, 6) is 2.45. The fraction of sp³-hybridized carbons (Fsp3) is 0.412. The molecule has 0 fully saturated rings. The third kappa shape index (κ3) is 3.04. The summed E-state index contributed by atoms with van der Waals surface area (Å²) in [6.45, 7) is 5.58. The number of fused-ring (bicyclic) bond motifs is 1. The van der Waals surface area contributed by atoms with Crippen LogP contribution in [0, 0.1) is 6.92 Å². The standard InChI is InChI=1S/C17H22N4O/c1-12-9-14-5-3-4-6-15(14)11-21(12)17-10-16(18-7-8-22)19-13(2)20-17/h3-6,10,12,22H,7-9,11H2,1-2H3,(H,18,19,20)/t12-/m1/s1. The Balaban J connectivity index is 1.89. The summed E-state index contributed by atoms with van der Waals surface area (Å²) in [5, 5.41) is 12.1. The molecule has 2 N–H and O–H groups in total. The van der Waals surface area contributed by atoms with Crippen LogP contribution in [0.3, 0.4) is 0 Å². The molecule has 0 aliphatic carbocycles. The molecule has 0 radical (unpaired) electrons. The summed E-state index contributed by atoms with van der Waals surface area (Å²) in [7, 11) is 0. The van der Waals surface area contributed by atoms with Crippen LogP contribution in [0.15, 0.2) is 30.3 Å². The molecular formula is C17H22N4O. The lowest BCUT2D eigenvalue weighted by Gasteiger charge is -2.36. The number of anilines is 2. The molecule has 0 bridgehead atoms. The average molecular weight is 298 g/mol. The first kappa shape index (κ1) is 14.8. The first-order valence-electron chi connectivity index (χ1n) is 7.71. The average Bonchev–Trinajstić information content (AvgIpc) is 2.51. The minimum absolute atomic E-state index is 0.0892. The van der Waals surface area contributed by atoms with Crippen molar-refractivity contribution in [3.8, 4) is 0 Å². The lowest BCUT2D eigenvalue weighted by molar-refractivity contribution is 0.311. The number of aromatic nitrogens is 2. The highest BCUT2D eigenvalue weighted by molar-refractivity contribution is 5.52. The Labute approximate surface area is 131 Å². The van der Waals surface area contributed by atoms with Gasteiger partial charge in [0.1, 0.15) is 17.5 Å². The minimum Gasteiger partial charge on any atom is -0.395 e. The van der Waals surface area contributed by atoms with Crippen LogP contribution in [-0.2, 0) is 13.0 Å². The number of nitrogens with zero attached hydrogens (tertiary/aromatic N) is 3. The molecule has 1 aliphatic heterocycles. The maximum absolute atomic E-state index is 8.95. The van der Waals surface area contributed by atoms with E-state index in [0.717, 1.165) is 30.4 Å². The molecule has 116 valence electrons. The van der Waals surface area contributed by atoms with Gasteiger partial charge in [0, 0.05) is 25.2 Å². The van der Waals surface area contributed by atoms with Gasteiger partial charge in [0.25, 0.3) is 0 Å². The Morgan fingerprint density at radius 3 is 2.82 bits per heavy atom. The molecule has 1 aromatic heterocycles. The van der Waals surface area contributed by atoms with Crippen molar-refractivity contribution in [3.63, 3.8) is 0 Å². The highest BCUT2D eigenvalue weighted by atomic mass is 16.3. The highest BCUT2D eigenvalue weighted by Crippen LogP contribution is 2.28. The van der Waals surface area contributed by atoms with Crippen LogP contribution < -0.4 is 10.2 Å². The van der Waals surface area contributed by atoms with Gasteiger partial charge in [0.2, 0.25) is 0 Å². The van der Waals surface area contributed by atoms with Crippen LogP contribution in [0.4, 0.5) is 11.6 Å². The number of aliphatic hydroxyl groups is 1. The molecule has 0 saturated carbocycles.